The summed E-state index contributed by atoms with van der Waals surface area (Å²) in [6, 6.07) is 4.78. The monoisotopic (exact) mass is 392 g/mol. The Hall–Kier alpha value is -0.980. The number of nitrogens with one attached hydrogen (secondary N) is 1. The Morgan fingerprint density at radius 3 is 2.29 bits per heavy atom. The lowest BCUT2D eigenvalue weighted by atomic mass is 9.95. The maximum absolute atomic E-state index is 12.1. The molecule has 0 atom stereocenters. The second kappa shape index (κ2) is 8.41. The van der Waals surface area contributed by atoms with Crippen LogP contribution in [0.2, 0.25) is 10.0 Å². The van der Waals surface area contributed by atoms with Gasteiger partial charge in [-0.05, 0) is 31.0 Å². The SMILES string of the molecule is CS(=O)(=O)N(CCC(=O)NC1CCCCC1)c1cc(Cl)cc(Cl)c1. The Morgan fingerprint density at radius 1 is 1.17 bits per heavy atom. The van der Waals surface area contributed by atoms with E-state index in [-0.39, 0.29) is 24.9 Å². The van der Waals surface area contributed by atoms with Gasteiger partial charge in [-0.15, -0.1) is 0 Å². The lowest BCUT2D eigenvalue weighted by Crippen LogP contribution is -2.39. The second-order valence-corrected chi connectivity index (χ2v) is 8.89. The number of amides is 1. The van der Waals surface area contributed by atoms with E-state index in [0.717, 1.165) is 36.2 Å². The number of halogens is 2. The summed E-state index contributed by atoms with van der Waals surface area (Å²) in [5, 5.41) is 3.68. The van der Waals surface area contributed by atoms with Crippen LogP contribution in [0.1, 0.15) is 38.5 Å². The average molecular weight is 393 g/mol. The molecule has 0 heterocycles. The third-order valence-electron chi connectivity index (χ3n) is 4.05. The standard InChI is InChI=1S/C16H22Cl2N2O3S/c1-24(22,23)20(15-10-12(17)9-13(18)11-15)8-7-16(21)19-14-5-3-2-4-6-14/h9-11,14H,2-8H2,1H3,(H,19,21). The van der Waals surface area contributed by atoms with Crippen LogP contribution in [0.4, 0.5) is 5.69 Å². The van der Waals surface area contributed by atoms with Gasteiger partial charge in [0.2, 0.25) is 15.9 Å². The summed E-state index contributed by atoms with van der Waals surface area (Å²) >= 11 is 11.9. The molecule has 2 rings (SSSR count). The Labute approximate surface area is 153 Å². The first-order valence-electron chi connectivity index (χ1n) is 7.99. The number of sulfonamides is 1. The number of carbonyl (C=O) groups excluding carboxylic acids is 1. The van der Waals surface area contributed by atoms with Crippen molar-refractivity contribution in [2.24, 2.45) is 0 Å². The van der Waals surface area contributed by atoms with Crippen molar-refractivity contribution in [3.8, 4) is 0 Å². The van der Waals surface area contributed by atoms with E-state index >= 15 is 0 Å². The van der Waals surface area contributed by atoms with Crippen molar-refractivity contribution in [1.29, 1.82) is 0 Å². The largest absolute Gasteiger partial charge is 0.353 e. The first kappa shape index (κ1) is 19.3. The van der Waals surface area contributed by atoms with Gasteiger partial charge in [-0.1, -0.05) is 42.5 Å². The van der Waals surface area contributed by atoms with Crippen molar-refractivity contribution < 1.29 is 13.2 Å². The van der Waals surface area contributed by atoms with E-state index in [2.05, 4.69) is 5.32 Å². The summed E-state index contributed by atoms with van der Waals surface area (Å²) in [6.45, 7) is 0.0497. The van der Waals surface area contributed by atoms with E-state index in [1.54, 1.807) is 0 Å². The van der Waals surface area contributed by atoms with Gasteiger partial charge in [-0.3, -0.25) is 9.10 Å². The molecular weight excluding hydrogens is 371 g/mol. The van der Waals surface area contributed by atoms with Crippen molar-refractivity contribution in [3.63, 3.8) is 0 Å². The van der Waals surface area contributed by atoms with Gasteiger partial charge in [0.1, 0.15) is 0 Å². The van der Waals surface area contributed by atoms with Crippen LogP contribution in [0.5, 0.6) is 0 Å². The Morgan fingerprint density at radius 2 is 1.75 bits per heavy atom. The van der Waals surface area contributed by atoms with Crippen LogP contribution in [0.15, 0.2) is 18.2 Å². The number of nitrogens with zero attached hydrogens (tertiary/aromatic N) is 1. The number of carbonyl (C=O) groups is 1. The molecule has 0 unspecified atom stereocenters. The normalized spacial score (nSPS) is 16.0. The lowest BCUT2D eigenvalue weighted by Gasteiger charge is -2.25. The Bertz CT molecular complexity index is 668. The highest BCUT2D eigenvalue weighted by Gasteiger charge is 2.21. The fourth-order valence-electron chi connectivity index (χ4n) is 2.92. The molecule has 1 saturated carbocycles. The van der Waals surface area contributed by atoms with Gasteiger partial charge in [0.25, 0.3) is 0 Å². The number of benzene rings is 1. The van der Waals surface area contributed by atoms with E-state index < -0.39 is 10.0 Å². The molecular formula is C16H22Cl2N2O3S. The van der Waals surface area contributed by atoms with Gasteiger partial charge in [0.15, 0.2) is 0 Å². The minimum absolute atomic E-state index is 0.0497. The van der Waals surface area contributed by atoms with Crippen molar-refractivity contribution in [1.82, 2.24) is 5.32 Å². The first-order valence-corrected chi connectivity index (χ1v) is 10.6. The molecule has 24 heavy (non-hydrogen) atoms. The van der Waals surface area contributed by atoms with E-state index in [1.807, 2.05) is 0 Å². The van der Waals surface area contributed by atoms with Crippen LogP contribution in [0.25, 0.3) is 0 Å². The molecule has 0 saturated heterocycles. The minimum Gasteiger partial charge on any atom is -0.353 e. The van der Waals surface area contributed by atoms with Gasteiger partial charge >= 0.3 is 0 Å². The van der Waals surface area contributed by atoms with Gasteiger partial charge in [0, 0.05) is 29.1 Å². The summed E-state index contributed by atoms with van der Waals surface area (Å²) in [4.78, 5) is 12.1. The lowest BCUT2D eigenvalue weighted by molar-refractivity contribution is -0.121. The topological polar surface area (TPSA) is 66.5 Å². The zero-order valence-corrected chi connectivity index (χ0v) is 15.9. The zero-order chi connectivity index (χ0) is 17.7. The minimum atomic E-state index is -3.54. The molecule has 0 spiro atoms. The van der Waals surface area contributed by atoms with Gasteiger partial charge < -0.3 is 5.32 Å². The maximum Gasteiger partial charge on any atom is 0.232 e. The molecule has 0 aliphatic heterocycles. The summed E-state index contributed by atoms with van der Waals surface area (Å²) in [6.07, 6.45) is 6.64. The van der Waals surface area contributed by atoms with Crippen LogP contribution in [-0.2, 0) is 14.8 Å². The number of hydrogen-bond acceptors (Lipinski definition) is 3. The van der Waals surface area contributed by atoms with E-state index in [9.17, 15) is 13.2 Å². The highest BCUT2D eigenvalue weighted by molar-refractivity contribution is 7.92. The summed E-state index contributed by atoms with van der Waals surface area (Å²) < 4.78 is 25.3. The Balaban J connectivity index is 2.03. The molecule has 0 bridgehead atoms. The van der Waals surface area contributed by atoms with Crippen LogP contribution in [0.3, 0.4) is 0 Å². The van der Waals surface area contributed by atoms with E-state index in [1.165, 1.54) is 24.6 Å². The van der Waals surface area contributed by atoms with Crippen LogP contribution >= 0.6 is 23.2 Å². The molecule has 0 radical (unpaired) electrons. The highest BCUT2D eigenvalue weighted by Crippen LogP contribution is 2.27. The molecule has 1 aliphatic rings. The molecule has 5 nitrogen and oxygen atoms in total. The molecule has 1 aliphatic carbocycles. The van der Waals surface area contributed by atoms with Crippen LogP contribution < -0.4 is 9.62 Å². The average Bonchev–Trinajstić information content (AvgIpc) is 2.46. The van der Waals surface area contributed by atoms with Crippen molar-refractivity contribution in [2.45, 2.75) is 44.6 Å². The number of hydrogen-bond donors (Lipinski definition) is 1. The predicted octanol–water partition coefficient (Wildman–Crippen LogP) is 3.60. The number of rotatable bonds is 6. The molecule has 1 N–H and O–H groups in total. The van der Waals surface area contributed by atoms with Crippen LogP contribution in [0, 0.1) is 0 Å². The molecule has 1 aromatic rings. The van der Waals surface area contributed by atoms with Gasteiger partial charge in [0.05, 0.1) is 11.9 Å². The molecule has 1 fully saturated rings. The maximum atomic E-state index is 12.1. The molecule has 1 aromatic carbocycles. The van der Waals surface area contributed by atoms with Gasteiger partial charge in [-0.25, -0.2) is 8.42 Å². The second-order valence-electron chi connectivity index (χ2n) is 6.12. The van der Waals surface area contributed by atoms with E-state index in [4.69, 9.17) is 23.2 Å². The van der Waals surface area contributed by atoms with Gasteiger partial charge in [-0.2, -0.15) is 0 Å². The molecule has 1 amide bonds. The third-order valence-corrected chi connectivity index (χ3v) is 5.68. The molecule has 0 aromatic heterocycles. The summed E-state index contributed by atoms with van der Waals surface area (Å²) in [7, 11) is -3.54. The van der Waals surface area contributed by atoms with Crippen molar-refractivity contribution >= 4 is 44.8 Å². The summed E-state index contributed by atoms with van der Waals surface area (Å²) in [5.74, 6) is -0.135. The fraction of sp³-hybridized carbons (Fsp3) is 0.562. The van der Waals surface area contributed by atoms with E-state index in [0.29, 0.717) is 15.7 Å². The fourth-order valence-corrected chi connectivity index (χ4v) is 4.35. The highest BCUT2D eigenvalue weighted by atomic mass is 35.5. The first-order chi connectivity index (χ1) is 11.3. The predicted molar refractivity (Wildman–Crippen MR) is 98.3 cm³/mol. The number of anilines is 1. The van der Waals surface area contributed by atoms with Crippen molar-refractivity contribution in [3.05, 3.63) is 28.2 Å². The van der Waals surface area contributed by atoms with Crippen LogP contribution in [-0.4, -0.2) is 33.2 Å². The third kappa shape index (κ3) is 5.83. The molecule has 8 heteroatoms. The molecule has 134 valence electrons. The smallest absolute Gasteiger partial charge is 0.232 e. The van der Waals surface area contributed by atoms with Crippen molar-refractivity contribution in [2.75, 3.05) is 17.1 Å². The quantitative estimate of drug-likeness (QED) is 0.803. The summed E-state index contributed by atoms with van der Waals surface area (Å²) in [5.41, 5.74) is 0.362. The zero-order valence-electron chi connectivity index (χ0n) is 13.6. The Kier molecular flexibility index (Phi) is 6.78.